The van der Waals surface area contributed by atoms with E-state index in [4.69, 9.17) is 9.15 Å². The first-order valence-electron chi connectivity index (χ1n) is 8.46. The average Bonchev–Trinajstić information content (AvgIpc) is 3.18. The summed E-state index contributed by atoms with van der Waals surface area (Å²) in [7, 11) is 1.89. The molecule has 4 rings (SSSR count). The molecule has 0 aromatic carbocycles. The van der Waals surface area contributed by atoms with E-state index in [0.717, 1.165) is 30.0 Å². The second kappa shape index (κ2) is 6.05. The van der Waals surface area contributed by atoms with Gasteiger partial charge in [-0.15, -0.1) is 5.10 Å². The fourth-order valence-corrected chi connectivity index (χ4v) is 3.24. The summed E-state index contributed by atoms with van der Waals surface area (Å²) in [6.07, 6.45) is 4.78. The molecule has 1 amide bonds. The van der Waals surface area contributed by atoms with Crippen LogP contribution in [0.15, 0.2) is 16.7 Å². The summed E-state index contributed by atoms with van der Waals surface area (Å²) in [4.78, 5) is 14.8. The molecule has 1 fully saturated rings. The van der Waals surface area contributed by atoms with E-state index in [1.54, 1.807) is 10.9 Å². The molecular weight excluding hydrogens is 308 g/mol. The van der Waals surface area contributed by atoms with Gasteiger partial charge in [0.25, 0.3) is 5.91 Å². The van der Waals surface area contributed by atoms with E-state index in [0.29, 0.717) is 24.8 Å². The normalized spacial score (nSPS) is 20.2. The van der Waals surface area contributed by atoms with Crippen LogP contribution in [-0.4, -0.2) is 45.6 Å². The number of ether oxygens (including phenoxy) is 1. The molecule has 24 heavy (non-hydrogen) atoms. The molecule has 7 nitrogen and oxygen atoms in total. The third kappa shape index (κ3) is 2.73. The maximum atomic E-state index is 12.9. The van der Waals surface area contributed by atoms with Crippen molar-refractivity contribution in [2.75, 3.05) is 19.8 Å². The minimum absolute atomic E-state index is 0.103. The van der Waals surface area contributed by atoms with Gasteiger partial charge < -0.3 is 14.1 Å². The zero-order valence-electron chi connectivity index (χ0n) is 14.1. The second-order valence-corrected chi connectivity index (χ2v) is 6.72. The van der Waals surface area contributed by atoms with E-state index in [1.807, 2.05) is 24.9 Å². The van der Waals surface area contributed by atoms with Crippen molar-refractivity contribution in [2.24, 2.45) is 13.0 Å². The van der Waals surface area contributed by atoms with Crippen molar-refractivity contribution in [3.63, 3.8) is 0 Å². The molecule has 0 spiro atoms. The highest BCUT2D eigenvalue weighted by atomic mass is 16.5. The SMILES string of the molecule is Cc1ccoc1C(=O)N1CCc2c(nnn2C)C1COCC1CC1. The molecule has 0 radical (unpaired) electrons. The van der Waals surface area contributed by atoms with E-state index in [-0.39, 0.29) is 11.9 Å². The van der Waals surface area contributed by atoms with Gasteiger partial charge in [0, 0.05) is 32.2 Å². The van der Waals surface area contributed by atoms with Crippen LogP contribution in [0.3, 0.4) is 0 Å². The highest BCUT2D eigenvalue weighted by molar-refractivity contribution is 5.93. The standard InChI is InChI=1S/C17H22N4O3/c1-11-6-8-24-16(11)17(22)21-7-5-13-15(18-19-20(13)2)14(21)10-23-9-12-3-4-12/h6,8,12,14H,3-5,7,9-10H2,1-2H3. The Balaban J connectivity index is 1.59. The first kappa shape index (κ1) is 15.4. The van der Waals surface area contributed by atoms with Crippen LogP contribution in [0.2, 0.25) is 0 Å². The Hall–Kier alpha value is -2.15. The summed E-state index contributed by atoms with van der Waals surface area (Å²) in [5.74, 6) is 0.981. The Morgan fingerprint density at radius 2 is 2.25 bits per heavy atom. The predicted molar refractivity (Wildman–Crippen MR) is 85.5 cm³/mol. The maximum Gasteiger partial charge on any atom is 0.290 e. The van der Waals surface area contributed by atoms with Crippen molar-refractivity contribution in [1.82, 2.24) is 19.9 Å². The van der Waals surface area contributed by atoms with Crippen LogP contribution >= 0.6 is 0 Å². The van der Waals surface area contributed by atoms with E-state index in [9.17, 15) is 4.79 Å². The van der Waals surface area contributed by atoms with Crippen molar-refractivity contribution in [3.8, 4) is 0 Å². The maximum absolute atomic E-state index is 12.9. The number of rotatable bonds is 5. The number of aromatic nitrogens is 3. The molecule has 128 valence electrons. The Morgan fingerprint density at radius 1 is 1.42 bits per heavy atom. The van der Waals surface area contributed by atoms with Gasteiger partial charge in [0.1, 0.15) is 11.7 Å². The molecular formula is C17H22N4O3. The van der Waals surface area contributed by atoms with Gasteiger partial charge in [0.05, 0.1) is 18.6 Å². The molecule has 2 aromatic rings. The molecule has 1 aliphatic carbocycles. The number of hydrogen-bond donors (Lipinski definition) is 0. The number of aryl methyl sites for hydroxylation is 2. The summed E-state index contributed by atoms with van der Waals surface area (Å²) in [5.41, 5.74) is 2.77. The van der Waals surface area contributed by atoms with Crippen molar-refractivity contribution >= 4 is 5.91 Å². The number of nitrogens with zero attached hydrogens (tertiary/aromatic N) is 4. The topological polar surface area (TPSA) is 73.4 Å². The van der Waals surface area contributed by atoms with E-state index >= 15 is 0 Å². The first-order valence-corrected chi connectivity index (χ1v) is 8.46. The fraction of sp³-hybridized carbons (Fsp3) is 0.588. The van der Waals surface area contributed by atoms with Crippen molar-refractivity contribution < 1.29 is 13.9 Å². The van der Waals surface area contributed by atoms with Crippen LogP contribution < -0.4 is 0 Å². The highest BCUT2D eigenvalue weighted by Crippen LogP contribution is 2.32. The van der Waals surface area contributed by atoms with E-state index in [2.05, 4.69) is 10.3 Å². The summed E-state index contributed by atoms with van der Waals surface area (Å²) in [6.45, 7) is 3.71. The molecule has 2 aromatic heterocycles. The summed E-state index contributed by atoms with van der Waals surface area (Å²) < 4.78 is 13.1. The van der Waals surface area contributed by atoms with Crippen molar-refractivity contribution in [3.05, 3.63) is 35.0 Å². The van der Waals surface area contributed by atoms with Gasteiger partial charge in [0.2, 0.25) is 0 Å². The van der Waals surface area contributed by atoms with Gasteiger partial charge in [-0.3, -0.25) is 9.48 Å². The summed E-state index contributed by atoms with van der Waals surface area (Å²) in [5, 5.41) is 8.42. The van der Waals surface area contributed by atoms with Gasteiger partial charge in [-0.1, -0.05) is 5.21 Å². The zero-order chi connectivity index (χ0) is 16.7. The number of hydrogen-bond acceptors (Lipinski definition) is 5. The average molecular weight is 330 g/mol. The minimum atomic E-state index is -0.210. The first-order chi connectivity index (χ1) is 11.6. The summed E-state index contributed by atoms with van der Waals surface area (Å²) >= 11 is 0. The monoisotopic (exact) mass is 330 g/mol. The van der Waals surface area contributed by atoms with Gasteiger partial charge in [-0.25, -0.2) is 0 Å². The molecule has 0 bridgehead atoms. The molecule has 1 aliphatic heterocycles. The van der Waals surface area contributed by atoms with Crippen molar-refractivity contribution in [1.29, 1.82) is 0 Å². The lowest BCUT2D eigenvalue weighted by atomic mass is 10.0. The Morgan fingerprint density at radius 3 is 2.96 bits per heavy atom. The third-order valence-electron chi connectivity index (χ3n) is 4.90. The Bertz CT molecular complexity index is 747. The smallest absolute Gasteiger partial charge is 0.290 e. The second-order valence-electron chi connectivity index (χ2n) is 6.72. The van der Waals surface area contributed by atoms with Crippen LogP contribution in [0.1, 0.15) is 46.4 Å². The Kier molecular flexibility index (Phi) is 3.88. The number of fused-ring (bicyclic) bond motifs is 1. The minimum Gasteiger partial charge on any atom is -0.459 e. The molecule has 1 unspecified atom stereocenters. The number of furan rings is 1. The van der Waals surface area contributed by atoms with Crippen LogP contribution in [-0.2, 0) is 18.2 Å². The van der Waals surface area contributed by atoms with Gasteiger partial charge in [0.15, 0.2) is 5.76 Å². The molecule has 7 heteroatoms. The molecule has 0 N–H and O–H groups in total. The van der Waals surface area contributed by atoms with Gasteiger partial charge in [-0.05, 0) is 31.7 Å². The lowest BCUT2D eigenvalue weighted by Gasteiger charge is -2.34. The third-order valence-corrected chi connectivity index (χ3v) is 4.90. The Labute approximate surface area is 140 Å². The number of carbonyl (C=O) groups excluding carboxylic acids is 1. The van der Waals surface area contributed by atoms with Crippen LogP contribution in [0, 0.1) is 12.8 Å². The highest BCUT2D eigenvalue weighted by Gasteiger charge is 2.36. The molecule has 1 saturated carbocycles. The molecule has 2 aliphatic rings. The van der Waals surface area contributed by atoms with E-state index < -0.39 is 0 Å². The summed E-state index contributed by atoms with van der Waals surface area (Å²) in [6, 6.07) is 1.60. The zero-order valence-corrected chi connectivity index (χ0v) is 14.1. The number of carbonyl (C=O) groups is 1. The van der Waals surface area contributed by atoms with Crippen LogP contribution in [0.25, 0.3) is 0 Å². The van der Waals surface area contributed by atoms with E-state index in [1.165, 1.54) is 12.8 Å². The van der Waals surface area contributed by atoms with Crippen molar-refractivity contribution in [2.45, 2.75) is 32.2 Å². The fourth-order valence-electron chi connectivity index (χ4n) is 3.24. The molecule has 3 heterocycles. The van der Waals surface area contributed by atoms with Crippen LogP contribution in [0.5, 0.6) is 0 Å². The predicted octanol–water partition coefficient (Wildman–Crippen LogP) is 1.88. The lowest BCUT2D eigenvalue weighted by Crippen LogP contribution is -2.42. The number of amides is 1. The largest absolute Gasteiger partial charge is 0.459 e. The molecule has 0 saturated heterocycles. The van der Waals surface area contributed by atoms with Gasteiger partial charge in [-0.2, -0.15) is 0 Å². The van der Waals surface area contributed by atoms with Gasteiger partial charge >= 0.3 is 0 Å². The quantitative estimate of drug-likeness (QED) is 0.837. The lowest BCUT2D eigenvalue weighted by molar-refractivity contribution is 0.0333. The van der Waals surface area contributed by atoms with Crippen LogP contribution in [0.4, 0.5) is 0 Å². The molecule has 1 atom stereocenters.